The van der Waals surface area contributed by atoms with Gasteiger partial charge in [0.15, 0.2) is 0 Å². The summed E-state index contributed by atoms with van der Waals surface area (Å²) in [5.74, 6) is 2.17. The van der Waals surface area contributed by atoms with E-state index in [1.807, 2.05) is 29.2 Å². The normalized spacial score (nSPS) is 14.3. The Morgan fingerprint density at radius 1 is 1.04 bits per heavy atom. The fraction of sp³-hybridized carbons (Fsp3) is 0.450. The molecule has 1 aromatic heterocycles. The van der Waals surface area contributed by atoms with Crippen LogP contribution in [-0.4, -0.2) is 54.1 Å². The lowest BCUT2D eigenvalue weighted by Gasteiger charge is -2.19. The molecule has 0 saturated carbocycles. The van der Waals surface area contributed by atoms with Crippen molar-refractivity contribution in [3.63, 3.8) is 0 Å². The standard InChI is InChI=1S/C20H26N4O3/c1-26-16-6-8-17(9-7-16)27-13-10-21-19-15-22-18(14-23-19)20(25)24-11-4-2-3-5-12-24/h6-9,14-15H,2-5,10-13H2,1H3,(H,21,23). The summed E-state index contributed by atoms with van der Waals surface area (Å²) in [6, 6.07) is 7.44. The third-order valence-electron chi connectivity index (χ3n) is 4.50. The van der Waals surface area contributed by atoms with E-state index in [1.165, 1.54) is 12.8 Å². The van der Waals surface area contributed by atoms with Crippen molar-refractivity contribution in [2.45, 2.75) is 25.7 Å². The average molecular weight is 370 g/mol. The highest BCUT2D eigenvalue weighted by Crippen LogP contribution is 2.17. The molecule has 0 bridgehead atoms. The number of carbonyl (C=O) groups is 1. The first-order valence-electron chi connectivity index (χ1n) is 9.38. The van der Waals surface area contributed by atoms with E-state index in [4.69, 9.17) is 9.47 Å². The van der Waals surface area contributed by atoms with Gasteiger partial charge in [-0.05, 0) is 37.1 Å². The maximum atomic E-state index is 12.5. The predicted molar refractivity (Wildman–Crippen MR) is 103 cm³/mol. The highest BCUT2D eigenvalue weighted by Gasteiger charge is 2.18. The summed E-state index contributed by atoms with van der Waals surface area (Å²) in [4.78, 5) is 22.9. The second-order valence-electron chi connectivity index (χ2n) is 6.44. The number of methoxy groups -OCH3 is 1. The Bertz CT molecular complexity index is 711. The number of anilines is 1. The topological polar surface area (TPSA) is 76.6 Å². The number of amides is 1. The van der Waals surface area contributed by atoms with Gasteiger partial charge in [-0.1, -0.05) is 12.8 Å². The number of hydrogen-bond acceptors (Lipinski definition) is 6. The lowest BCUT2D eigenvalue weighted by atomic mass is 10.2. The van der Waals surface area contributed by atoms with Gasteiger partial charge in [0, 0.05) is 13.1 Å². The quantitative estimate of drug-likeness (QED) is 0.755. The van der Waals surface area contributed by atoms with Crippen molar-refractivity contribution in [3.8, 4) is 11.5 Å². The van der Waals surface area contributed by atoms with Gasteiger partial charge < -0.3 is 19.7 Å². The lowest BCUT2D eigenvalue weighted by molar-refractivity contribution is 0.0755. The Labute approximate surface area is 159 Å². The number of rotatable bonds is 7. The van der Waals surface area contributed by atoms with E-state index < -0.39 is 0 Å². The monoisotopic (exact) mass is 370 g/mol. The van der Waals surface area contributed by atoms with E-state index in [2.05, 4.69) is 15.3 Å². The summed E-state index contributed by atoms with van der Waals surface area (Å²) in [7, 11) is 1.63. The van der Waals surface area contributed by atoms with E-state index in [0.717, 1.165) is 37.4 Å². The SMILES string of the molecule is COc1ccc(OCCNc2cnc(C(=O)N3CCCCCC3)cn2)cc1. The number of aromatic nitrogens is 2. The van der Waals surface area contributed by atoms with Crippen LogP contribution in [-0.2, 0) is 0 Å². The molecule has 0 unspecified atom stereocenters. The molecule has 2 aromatic rings. The van der Waals surface area contributed by atoms with Crippen molar-refractivity contribution in [2.24, 2.45) is 0 Å². The number of ether oxygens (including phenoxy) is 2. The van der Waals surface area contributed by atoms with Crippen molar-refractivity contribution in [2.75, 3.05) is 38.7 Å². The van der Waals surface area contributed by atoms with Crippen LogP contribution in [0.4, 0.5) is 5.82 Å². The first kappa shape index (κ1) is 18.9. The molecule has 1 N–H and O–H groups in total. The highest BCUT2D eigenvalue weighted by atomic mass is 16.5. The van der Waals surface area contributed by atoms with Crippen LogP contribution in [0.2, 0.25) is 0 Å². The zero-order valence-corrected chi connectivity index (χ0v) is 15.7. The van der Waals surface area contributed by atoms with Gasteiger partial charge in [-0.25, -0.2) is 9.97 Å². The van der Waals surface area contributed by atoms with Crippen molar-refractivity contribution < 1.29 is 14.3 Å². The molecule has 0 spiro atoms. The van der Waals surface area contributed by atoms with Gasteiger partial charge in [0.2, 0.25) is 0 Å². The van der Waals surface area contributed by atoms with E-state index in [0.29, 0.717) is 24.7 Å². The first-order valence-corrected chi connectivity index (χ1v) is 9.38. The summed E-state index contributed by atoms with van der Waals surface area (Å²) in [6.45, 7) is 2.69. The third-order valence-corrected chi connectivity index (χ3v) is 4.50. The Morgan fingerprint density at radius 2 is 1.74 bits per heavy atom. The minimum absolute atomic E-state index is 0.0289. The molecule has 7 heteroatoms. The summed E-state index contributed by atoms with van der Waals surface area (Å²) in [5.41, 5.74) is 0.400. The van der Waals surface area contributed by atoms with Crippen LogP contribution in [0.3, 0.4) is 0 Å². The van der Waals surface area contributed by atoms with Gasteiger partial charge in [-0.15, -0.1) is 0 Å². The largest absolute Gasteiger partial charge is 0.497 e. The molecule has 7 nitrogen and oxygen atoms in total. The van der Waals surface area contributed by atoms with Gasteiger partial charge in [0.1, 0.15) is 29.6 Å². The molecule has 1 saturated heterocycles. The highest BCUT2D eigenvalue weighted by molar-refractivity contribution is 5.92. The Morgan fingerprint density at radius 3 is 2.37 bits per heavy atom. The van der Waals surface area contributed by atoms with Crippen LogP contribution in [0.1, 0.15) is 36.2 Å². The second kappa shape index (κ2) is 9.75. The van der Waals surface area contributed by atoms with Gasteiger partial charge in [0.05, 0.1) is 26.0 Å². The van der Waals surface area contributed by atoms with Crippen molar-refractivity contribution >= 4 is 11.7 Å². The first-order chi connectivity index (χ1) is 13.3. The molecule has 2 heterocycles. The number of nitrogens with zero attached hydrogens (tertiary/aromatic N) is 3. The summed E-state index contributed by atoms with van der Waals surface area (Å²) < 4.78 is 10.8. The van der Waals surface area contributed by atoms with Crippen LogP contribution in [0.25, 0.3) is 0 Å². The van der Waals surface area contributed by atoms with Gasteiger partial charge in [0.25, 0.3) is 5.91 Å². The molecular formula is C20H26N4O3. The predicted octanol–water partition coefficient (Wildman–Crippen LogP) is 2.99. The molecular weight excluding hydrogens is 344 g/mol. The summed E-state index contributed by atoms with van der Waals surface area (Å²) in [5, 5.41) is 3.14. The smallest absolute Gasteiger partial charge is 0.274 e. The van der Waals surface area contributed by atoms with Crippen LogP contribution in [0, 0.1) is 0 Å². The van der Waals surface area contributed by atoms with Crippen molar-refractivity contribution in [1.29, 1.82) is 0 Å². The van der Waals surface area contributed by atoms with Gasteiger partial charge in [-0.2, -0.15) is 0 Å². The van der Waals surface area contributed by atoms with E-state index in [1.54, 1.807) is 19.5 Å². The number of carbonyl (C=O) groups excluding carboxylic acids is 1. The molecule has 0 radical (unpaired) electrons. The average Bonchev–Trinajstić information content (AvgIpc) is 3.01. The Kier molecular flexibility index (Phi) is 6.84. The van der Waals surface area contributed by atoms with E-state index >= 15 is 0 Å². The molecule has 0 atom stereocenters. The third kappa shape index (κ3) is 5.57. The van der Waals surface area contributed by atoms with Crippen molar-refractivity contribution in [3.05, 3.63) is 42.4 Å². The maximum absolute atomic E-state index is 12.5. The molecule has 1 fully saturated rings. The molecule has 1 aromatic carbocycles. The summed E-state index contributed by atoms with van der Waals surface area (Å²) in [6.07, 6.45) is 7.64. The molecule has 1 aliphatic rings. The summed E-state index contributed by atoms with van der Waals surface area (Å²) >= 11 is 0. The molecule has 144 valence electrons. The van der Waals surface area contributed by atoms with E-state index in [-0.39, 0.29) is 5.91 Å². The molecule has 3 rings (SSSR count). The maximum Gasteiger partial charge on any atom is 0.274 e. The minimum atomic E-state index is -0.0289. The second-order valence-corrected chi connectivity index (χ2v) is 6.44. The van der Waals surface area contributed by atoms with E-state index in [9.17, 15) is 4.79 Å². The lowest BCUT2D eigenvalue weighted by Crippen LogP contribution is -2.32. The molecule has 1 amide bonds. The number of hydrogen-bond donors (Lipinski definition) is 1. The van der Waals surface area contributed by atoms with Crippen molar-refractivity contribution in [1.82, 2.24) is 14.9 Å². The van der Waals surface area contributed by atoms with Crippen LogP contribution in [0.5, 0.6) is 11.5 Å². The zero-order valence-electron chi connectivity index (χ0n) is 15.7. The number of nitrogens with one attached hydrogen (secondary N) is 1. The molecule has 27 heavy (non-hydrogen) atoms. The fourth-order valence-electron chi connectivity index (χ4n) is 2.99. The molecule has 1 aliphatic heterocycles. The Balaban J connectivity index is 1.43. The molecule has 0 aliphatic carbocycles. The minimum Gasteiger partial charge on any atom is -0.497 e. The van der Waals surface area contributed by atoms with Crippen LogP contribution >= 0.6 is 0 Å². The van der Waals surface area contributed by atoms with Gasteiger partial charge in [-0.3, -0.25) is 4.79 Å². The fourth-order valence-corrected chi connectivity index (χ4v) is 2.99. The zero-order chi connectivity index (χ0) is 18.9. The number of likely N-dealkylation sites (tertiary alicyclic amines) is 1. The Hall–Kier alpha value is -2.83. The van der Waals surface area contributed by atoms with Crippen LogP contribution in [0.15, 0.2) is 36.7 Å². The van der Waals surface area contributed by atoms with Crippen LogP contribution < -0.4 is 14.8 Å². The van der Waals surface area contributed by atoms with Gasteiger partial charge >= 0.3 is 0 Å². The number of benzene rings is 1.